The van der Waals surface area contributed by atoms with Gasteiger partial charge < -0.3 is 9.88 Å². The number of carbonyl (C=O) groups is 1. The Balaban J connectivity index is 1.80. The molecule has 0 radical (unpaired) electrons. The molecule has 0 unspecified atom stereocenters. The Bertz CT molecular complexity index is 919. The molecule has 130 valence electrons. The van der Waals surface area contributed by atoms with Gasteiger partial charge in [-0.15, -0.1) is 10.2 Å². The van der Waals surface area contributed by atoms with Gasteiger partial charge in [0.05, 0.1) is 5.75 Å². The van der Waals surface area contributed by atoms with E-state index in [0.717, 1.165) is 32.1 Å². The monoisotopic (exact) mass is 392 g/mol. The van der Waals surface area contributed by atoms with Gasteiger partial charge in [-0.2, -0.15) is 0 Å². The zero-order valence-corrected chi connectivity index (χ0v) is 16.4. The van der Waals surface area contributed by atoms with Gasteiger partial charge in [0.2, 0.25) is 5.13 Å². The van der Waals surface area contributed by atoms with E-state index < -0.39 is 0 Å². The molecule has 5 nitrogen and oxygen atoms in total. The summed E-state index contributed by atoms with van der Waals surface area (Å²) in [6.07, 6.45) is 0. The van der Waals surface area contributed by atoms with Crippen LogP contribution in [0.1, 0.15) is 21.7 Å². The lowest BCUT2D eigenvalue weighted by molar-refractivity contribution is 0.102. The average Bonchev–Trinajstić information content (AvgIpc) is 3.17. The fourth-order valence-electron chi connectivity index (χ4n) is 2.63. The zero-order valence-electron chi connectivity index (χ0n) is 14.0. The highest BCUT2D eigenvalue weighted by Gasteiger charge is 2.17. The number of nitrogens with one attached hydrogen (secondary N) is 1. The number of halogens is 1. The lowest BCUT2D eigenvalue weighted by atomic mass is 10.2. The summed E-state index contributed by atoms with van der Waals surface area (Å²) in [5.74, 6) is 0.408. The second kappa shape index (κ2) is 7.59. The predicted molar refractivity (Wildman–Crippen MR) is 105 cm³/mol. The summed E-state index contributed by atoms with van der Waals surface area (Å²) in [5, 5.41) is 12.4. The summed E-state index contributed by atoms with van der Waals surface area (Å²) >= 11 is 8.95. The minimum atomic E-state index is 0.0765. The number of Topliss-reactive ketones (excluding diaryl/α,β-unsaturated/α-hetero) is 1. The number of hydrogen-bond donors (Lipinski definition) is 1. The first-order valence-corrected chi connectivity index (χ1v) is 9.79. The van der Waals surface area contributed by atoms with E-state index in [2.05, 4.69) is 15.5 Å². The number of rotatable bonds is 6. The first kappa shape index (κ1) is 18.0. The average molecular weight is 393 g/mol. The molecule has 25 heavy (non-hydrogen) atoms. The molecule has 2 aromatic heterocycles. The van der Waals surface area contributed by atoms with E-state index in [1.807, 2.05) is 48.7 Å². The Labute approximate surface area is 159 Å². The topological polar surface area (TPSA) is 59.8 Å². The summed E-state index contributed by atoms with van der Waals surface area (Å²) in [6, 6.07) is 9.55. The van der Waals surface area contributed by atoms with E-state index in [9.17, 15) is 4.79 Å². The van der Waals surface area contributed by atoms with Crippen molar-refractivity contribution in [3.8, 4) is 5.69 Å². The second-order valence-electron chi connectivity index (χ2n) is 5.44. The quantitative estimate of drug-likeness (QED) is 0.490. The van der Waals surface area contributed by atoms with Crippen molar-refractivity contribution in [3.63, 3.8) is 0 Å². The molecule has 0 fully saturated rings. The Hall–Kier alpha value is -1.83. The van der Waals surface area contributed by atoms with Crippen LogP contribution in [0.4, 0.5) is 5.13 Å². The molecule has 0 bridgehead atoms. The summed E-state index contributed by atoms with van der Waals surface area (Å²) < 4.78 is 2.83. The molecule has 0 atom stereocenters. The van der Waals surface area contributed by atoms with Crippen molar-refractivity contribution >= 4 is 45.6 Å². The second-order valence-corrected chi connectivity index (χ2v) is 8.07. The van der Waals surface area contributed by atoms with Crippen LogP contribution < -0.4 is 5.32 Å². The molecule has 2 heterocycles. The van der Waals surface area contributed by atoms with E-state index in [0.29, 0.717) is 10.8 Å². The van der Waals surface area contributed by atoms with E-state index in [-0.39, 0.29) is 5.78 Å². The number of anilines is 1. The number of aromatic nitrogens is 3. The van der Waals surface area contributed by atoms with Gasteiger partial charge in [-0.05, 0) is 38.1 Å². The maximum atomic E-state index is 12.7. The van der Waals surface area contributed by atoms with Crippen LogP contribution >= 0.6 is 34.7 Å². The fraction of sp³-hybridized carbons (Fsp3) is 0.235. The largest absolute Gasteiger partial charge is 0.363 e. The van der Waals surface area contributed by atoms with E-state index in [1.165, 1.54) is 23.1 Å². The lowest BCUT2D eigenvalue weighted by Crippen LogP contribution is -2.05. The molecular formula is C17H17ClN4OS2. The van der Waals surface area contributed by atoms with Crippen LogP contribution in [0.25, 0.3) is 5.69 Å². The third-order valence-electron chi connectivity index (χ3n) is 3.75. The van der Waals surface area contributed by atoms with E-state index in [4.69, 9.17) is 11.6 Å². The van der Waals surface area contributed by atoms with Crippen molar-refractivity contribution in [2.24, 2.45) is 0 Å². The van der Waals surface area contributed by atoms with Gasteiger partial charge >= 0.3 is 0 Å². The number of nitrogens with zero attached hydrogens (tertiary/aromatic N) is 3. The molecule has 3 aromatic rings. The summed E-state index contributed by atoms with van der Waals surface area (Å²) in [6.45, 7) is 3.94. The molecule has 1 aromatic carbocycles. The van der Waals surface area contributed by atoms with Gasteiger partial charge in [-0.1, -0.05) is 40.8 Å². The van der Waals surface area contributed by atoms with Gasteiger partial charge in [0.25, 0.3) is 0 Å². The Kier molecular flexibility index (Phi) is 5.46. The highest BCUT2D eigenvalue weighted by atomic mass is 35.5. The van der Waals surface area contributed by atoms with E-state index in [1.54, 1.807) is 7.05 Å². The van der Waals surface area contributed by atoms with Crippen LogP contribution in [0, 0.1) is 13.8 Å². The molecule has 1 N–H and O–H groups in total. The van der Waals surface area contributed by atoms with Crippen molar-refractivity contribution in [2.45, 2.75) is 18.2 Å². The Morgan fingerprint density at radius 1 is 1.32 bits per heavy atom. The SMILES string of the molecule is CNc1nnc(SCC(=O)c2cc(C)n(-c3cccc(Cl)c3)c2C)s1. The number of carbonyl (C=O) groups excluding carboxylic acids is 1. The van der Waals surface area contributed by atoms with Crippen LogP contribution in [-0.2, 0) is 0 Å². The van der Waals surface area contributed by atoms with Crippen molar-refractivity contribution in [3.05, 3.63) is 52.3 Å². The molecule has 0 amide bonds. The first-order chi connectivity index (χ1) is 12.0. The molecule has 0 aliphatic heterocycles. The summed E-state index contributed by atoms with van der Waals surface area (Å²) in [7, 11) is 1.80. The molecule has 0 spiro atoms. The molecule has 0 saturated carbocycles. The van der Waals surface area contributed by atoms with Crippen molar-refractivity contribution in [1.29, 1.82) is 0 Å². The molecule has 3 rings (SSSR count). The van der Waals surface area contributed by atoms with Crippen LogP contribution in [0.3, 0.4) is 0 Å². The molecule has 0 aliphatic carbocycles. The highest BCUT2D eigenvalue weighted by molar-refractivity contribution is 8.01. The minimum Gasteiger partial charge on any atom is -0.363 e. The van der Waals surface area contributed by atoms with Crippen LogP contribution in [0.15, 0.2) is 34.7 Å². The number of thioether (sulfide) groups is 1. The molecule has 8 heteroatoms. The number of ketones is 1. The molecule has 0 saturated heterocycles. The number of aryl methyl sites for hydroxylation is 1. The number of hydrogen-bond acceptors (Lipinski definition) is 6. The minimum absolute atomic E-state index is 0.0765. The van der Waals surface area contributed by atoms with E-state index >= 15 is 0 Å². The number of benzene rings is 1. The summed E-state index contributed by atoms with van der Waals surface area (Å²) in [5.41, 5.74) is 3.60. The van der Waals surface area contributed by atoms with Gasteiger partial charge in [-0.3, -0.25) is 4.79 Å². The van der Waals surface area contributed by atoms with Crippen LogP contribution in [0.5, 0.6) is 0 Å². The van der Waals surface area contributed by atoms with Gasteiger partial charge in [0.15, 0.2) is 10.1 Å². The highest BCUT2D eigenvalue weighted by Crippen LogP contribution is 2.28. The first-order valence-electron chi connectivity index (χ1n) is 7.61. The standard InChI is InChI=1S/C17H17ClN4OS2/c1-10-7-14(11(2)22(10)13-6-4-5-12(18)8-13)15(23)9-24-17-21-20-16(19-3)25-17/h4-8H,9H2,1-3H3,(H,19,20). The maximum absolute atomic E-state index is 12.7. The van der Waals surface area contributed by atoms with Gasteiger partial charge in [-0.25, -0.2) is 0 Å². The third-order valence-corrected chi connectivity index (χ3v) is 6.05. The Morgan fingerprint density at radius 3 is 2.80 bits per heavy atom. The predicted octanol–water partition coefficient (Wildman–Crippen LogP) is 4.62. The Morgan fingerprint density at radius 2 is 2.12 bits per heavy atom. The third kappa shape index (κ3) is 3.89. The fourth-order valence-corrected chi connectivity index (χ4v) is 4.40. The van der Waals surface area contributed by atoms with Crippen molar-refractivity contribution < 1.29 is 4.79 Å². The van der Waals surface area contributed by atoms with Crippen LogP contribution in [-0.4, -0.2) is 33.3 Å². The van der Waals surface area contributed by atoms with Crippen molar-refractivity contribution in [1.82, 2.24) is 14.8 Å². The van der Waals surface area contributed by atoms with Crippen LogP contribution in [0.2, 0.25) is 5.02 Å². The molecular weight excluding hydrogens is 376 g/mol. The smallest absolute Gasteiger partial charge is 0.206 e. The van der Waals surface area contributed by atoms with Crippen molar-refractivity contribution in [2.75, 3.05) is 18.1 Å². The lowest BCUT2D eigenvalue weighted by Gasteiger charge is -2.10. The van der Waals surface area contributed by atoms with Gasteiger partial charge in [0.1, 0.15) is 0 Å². The normalized spacial score (nSPS) is 10.9. The summed E-state index contributed by atoms with van der Waals surface area (Å²) in [4.78, 5) is 12.7. The van der Waals surface area contributed by atoms with Gasteiger partial charge in [0, 0.05) is 34.7 Å². The molecule has 0 aliphatic rings. The maximum Gasteiger partial charge on any atom is 0.206 e. The zero-order chi connectivity index (χ0) is 18.0.